The molecule has 4 aliphatic carbocycles. The molecule has 3 fully saturated rings. The van der Waals surface area contributed by atoms with Gasteiger partial charge in [-0.1, -0.05) is 19.4 Å². The van der Waals surface area contributed by atoms with Gasteiger partial charge >= 0.3 is 5.97 Å². The Morgan fingerprint density at radius 3 is 2.29 bits per heavy atom. The SMILES string of the molecule is CC(=O)O[C@@]1(C(C)=O)CC[C@H]2[C@@H]3CCC4=C(C)C(=O)CC[C@]4(C)[C@H]3CC[C@@]21C. The molecule has 4 aliphatic rings. The molecule has 0 aromatic heterocycles. The minimum Gasteiger partial charge on any atom is -0.451 e. The molecule has 0 N–H and O–H groups in total. The fraction of sp³-hybridized carbons (Fsp3) is 0.792. The maximum absolute atomic E-state index is 12.8. The summed E-state index contributed by atoms with van der Waals surface area (Å²) >= 11 is 0. The summed E-state index contributed by atoms with van der Waals surface area (Å²) in [4.78, 5) is 37.0. The summed E-state index contributed by atoms with van der Waals surface area (Å²) in [6, 6.07) is 0. The van der Waals surface area contributed by atoms with Crippen molar-refractivity contribution in [3.63, 3.8) is 0 Å². The number of rotatable bonds is 2. The predicted molar refractivity (Wildman–Crippen MR) is 107 cm³/mol. The van der Waals surface area contributed by atoms with E-state index in [1.165, 1.54) is 12.5 Å². The summed E-state index contributed by atoms with van der Waals surface area (Å²) in [5, 5.41) is 0. The lowest BCUT2D eigenvalue weighted by Crippen LogP contribution is -2.58. The first kappa shape index (κ1) is 19.8. The van der Waals surface area contributed by atoms with Crippen molar-refractivity contribution in [2.24, 2.45) is 28.6 Å². The molecule has 0 bridgehead atoms. The van der Waals surface area contributed by atoms with Gasteiger partial charge in [0.05, 0.1) is 0 Å². The average molecular weight is 387 g/mol. The third kappa shape index (κ3) is 2.39. The highest BCUT2D eigenvalue weighted by molar-refractivity contribution is 5.96. The van der Waals surface area contributed by atoms with E-state index in [2.05, 4.69) is 13.8 Å². The van der Waals surface area contributed by atoms with Crippen molar-refractivity contribution in [1.29, 1.82) is 0 Å². The number of hydrogen-bond donors (Lipinski definition) is 0. The van der Waals surface area contributed by atoms with Gasteiger partial charge in [-0.05, 0) is 87.5 Å². The summed E-state index contributed by atoms with van der Waals surface area (Å²) in [7, 11) is 0. The third-order valence-corrected chi connectivity index (χ3v) is 9.42. The van der Waals surface area contributed by atoms with Crippen molar-refractivity contribution in [1.82, 2.24) is 0 Å². The van der Waals surface area contributed by atoms with Crippen LogP contribution >= 0.6 is 0 Å². The van der Waals surface area contributed by atoms with Gasteiger partial charge in [-0.15, -0.1) is 0 Å². The number of fused-ring (bicyclic) bond motifs is 5. The Morgan fingerprint density at radius 1 is 0.964 bits per heavy atom. The smallest absolute Gasteiger partial charge is 0.303 e. The van der Waals surface area contributed by atoms with E-state index >= 15 is 0 Å². The maximum atomic E-state index is 12.8. The number of carbonyl (C=O) groups is 3. The average Bonchev–Trinajstić information content (AvgIpc) is 2.92. The summed E-state index contributed by atoms with van der Waals surface area (Å²) in [6.07, 6.45) is 7.31. The lowest BCUT2D eigenvalue weighted by atomic mass is 9.45. The molecule has 0 aliphatic heterocycles. The first-order chi connectivity index (χ1) is 13.1. The maximum Gasteiger partial charge on any atom is 0.303 e. The fourth-order valence-corrected chi connectivity index (χ4v) is 8.04. The van der Waals surface area contributed by atoms with Crippen LogP contribution < -0.4 is 0 Å². The van der Waals surface area contributed by atoms with Crippen LogP contribution in [0.2, 0.25) is 0 Å². The van der Waals surface area contributed by atoms with Crippen LogP contribution in [0, 0.1) is 28.6 Å². The van der Waals surface area contributed by atoms with E-state index in [-0.39, 0.29) is 22.6 Å². The van der Waals surface area contributed by atoms with Crippen molar-refractivity contribution in [2.75, 3.05) is 0 Å². The van der Waals surface area contributed by atoms with Crippen molar-refractivity contribution in [3.05, 3.63) is 11.1 Å². The Labute approximate surface area is 168 Å². The lowest BCUT2D eigenvalue weighted by Gasteiger charge is -2.59. The molecule has 0 unspecified atom stereocenters. The highest BCUT2D eigenvalue weighted by Crippen LogP contribution is 2.68. The molecule has 0 aromatic rings. The highest BCUT2D eigenvalue weighted by atomic mass is 16.6. The lowest BCUT2D eigenvalue weighted by molar-refractivity contribution is -0.187. The molecule has 0 spiro atoms. The molecule has 0 saturated heterocycles. The molecular weight excluding hydrogens is 352 g/mol. The van der Waals surface area contributed by atoms with Crippen LogP contribution in [0.1, 0.15) is 86.0 Å². The van der Waals surface area contributed by atoms with Crippen LogP contribution in [0.4, 0.5) is 0 Å². The molecule has 4 nitrogen and oxygen atoms in total. The second kappa shape index (κ2) is 6.27. The molecule has 0 aromatic carbocycles. The van der Waals surface area contributed by atoms with Gasteiger partial charge in [0, 0.05) is 18.8 Å². The molecule has 0 amide bonds. The van der Waals surface area contributed by atoms with E-state index in [1.807, 2.05) is 6.92 Å². The number of ketones is 2. The molecular formula is C24H34O4. The first-order valence-electron chi connectivity index (χ1n) is 11.0. The third-order valence-electron chi connectivity index (χ3n) is 9.42. The Balaban J connectivity index is 1.72. The Hall–Kier alpha value is -1.45. The van der Waals surface area contributed by atoms with Crippen molar-refractivity contribution >= 4 is 17.5 Å². The normalized spacial score (nSPS) is 45.2. The van der Waals surface area contributed by atoms with Gasteiger partial charge in [-0.3, -0.25) is 14.4 Å². The number of allylic oxidation sites excluding steroid dienone is 1. The molecule has 154 valence electrons. The number of carbonyl (C=O) groups excluding carboxylic acids is 3. The van der Waals surface area contributed by atoms with Crippen LogP contribution in [-0.4, -0.2) is 23.1 Å². The van der Waals surface area contributed by atoms with Gasteiger partial charge in [-0.25, -0.2) is 0 Å². The van der Waals surface area contributed by atoms with Crippen molar-refractivity contribution in [2.45, 2.75) is 91.6 Å². The monoisotopic (exact) mass is 386 g/mol. The van der Waals surface area contributed by atoms with Crippen LogP contribution in [0.25, 0.3) is 0 Å². The van der Waals surface area contributed by atoms with Crippen molar-refractivity contribution < 1.29 is 19.1 Å². The van der Waals surface area contributed by atoms with E-state index in [0.717, 1.165) is 44.1 Å². The molecule has 0 radical (unpaired) electrons. The van der Waals surface area contributed by atoms with Gasteiger partial charge in [0.15, 0.2) is 17.2 Å². The molecule has 3 saturated carbocycles. The zero-order valence-electron chi connectivity index (χ0n) is 18.0. The van der Waals surface area contributed by atoms with Gasteiger partial charge < -0.3 is 4.74 Å². The van der Waals surface area contributed by atoms with Crippen LogP contribution in [0.15, 0.2) is 11.1 Å². The molecule has 4 rings (SSSR count). The number of Topliss-reactive ketones (excluding diaryl/α,β-unsaturated/α-hetero) is 2. The largest absolute Gasteiger partial charge is 0.451 e. The van der Waals surface area contributed by atoms with Gasteiger partial charge in [0.2, 0.25) is 0 Å². The zero-order valence-corrected chi connectivity index (χ0v) is 18.0. The Morgan fingerprint density at radius 2 is 1.64 bits per heavy atom. The molecule has 0 heterocycles. The number of hydrogen-bond acceptors (Lipinski definition) is 4. The quantitative estimate of drug-likeness (QED) is 0.640. The highest BCUT2D eigenvalue weighted by Gasteiger charge is 2.67. The topological polar surface area (TPSA) is 60.4 Å². The second-order valence-corrected chi connectivity index (χ2v) is 10.3. The van der Waals surface area contributed by atoms with Crippen molar-refractivity contribution in [3.8, 4) is 0 Å². The van der Waals surface area contributed by atoms with E-state index in [1.54, 1.807) is 6.92 Å². The predicted octanol–water partition coefficient (Wildman–Crippen LogP) is 4.80. The molecule has 4 heteroatoms. The zero-order chi connectivity index (χ0) is 20.5. The standard InChI is InChI=1S/C24H34O4/c1-14-18-7-6-17-19(22(18,4)11-10-21(14)27)8-12-23(5)20(17)9-13-24(23,15(2)25)28-16(3)26/h17,19-20H,6-13H2,1-5H3/t17-,19+,20+,22+,23+,24-/m1/s1. The van der Waals surface area contributed by atoms with Crippen LogP contribution in [0.3, 0.4) is 0 Å². The van der Waals surface area contributed by atoms with Gasteiger partial charge in [0.25, 0.3) is 0 Å². The van der Waals surface area contributed by atoms with E-state index in [9.17, 15) is 14.4 Å². The Bertz CT molecular complexity index is 779. The summed E-state index contributed by atoms with van der Waals surface area (Å²) < 4.78 is 5.83. The van der Waals surface area contributed by atoms with Crippen LogP contribution in [-0.2, 0) is 19.1 Å². The molecule has 6 atom stereocenters. The van der Waals surface area contributed by atoms with E-state index < -0.39 is 5.60 Å². The van der Waals surface area contributed by atoms with E-state index in [4.69, 9.17) is 4.74 Å². The van der Waals surface area contributed by atoms with E-state index in [0.29, 0.717) is 36.4 Å². The Kier molecular flexibility index (Phi) is 4.45. The summed E-state index contributed by atoms with van der Waals surface area (Å²) in [5.74, 6) is 1.51. The summed E-state index contributed by atoms with van der Waals surface area (Å²) in [5.41, 5.74) is 1.31. The first-order valence-corrected chi connectivity index (χ1v) is 11.0. The number of ether oxygens (including phenoxy) is 1. The minimum absolute atomic E-state index is 0.00728. The van der Waals surface area contributed by atoms with Gasteiger partial charge in [0.1, 0.15) is 0 Å². The van der Waals surface area contributed by atoms with Gasteiger partial charge in [-0.2, -0.15) is 0 Å². The molecule has 28 heavy (non-hydrogen) atoms. The minimum atomic E-state index is -0.954. The second-order valence-electron chi connectivity index (χ2n) is 10.3. The van der Waals surface area contributed by atoms with Crippen LogP contribution in [0.5, 0.6) is 0 Å². The fourth-order valence-electron chi connectivity index (χ4n) is 8.04. The number of esters is 1. The summed E-state index contributed by atoms with van der Waals surface area (Å²) in [6.45, 7) is 9.64.